The van der Waals surface area contributed by atoms with Crippen molar-refractivity contribution in [3.63, 3.8) is 0 Å². The molecule has 82 valence electrons. The van der Waals surface area contributed by atoms with Gasteiger partial charge >= 0.3 is 0 Å². The molecule has 0 bridgehead atoms. The second-order valence-electron chi connectivity index (χ2n) is 3.55. The van der Waals surface area contributed by atoms with Crippen LogP contribution in [0, 0.1) is 0 Å². The van der Waals surface area contributed by atoms with Crippen LogP contribution >= 0.6 is 0 Å². The van der Waals surface area contributed by atoms with Gasteiger partial charge in [-0.1, -0.05) is 13.0 Å². The highest BCUT2D eigenvalue weighted by atomic mass is 16.4. The zero-order chi connectivity index (χ0) is 11.7. The van der Waals surface area contributed by atoms with Crippen molar-refractivity contribution in [2.24, 2.45) is 0 Å². The summed E-state index contributed by atoms with van der Waals surface area (Å²) in [6.07, 6.45) is 1.97. The van der Waals surface area contributed by atoms with Gasteiger partial charge in [0.05, 0.1) is 11.5 Å². The first-order chi connectivity index (χ1) is 7.63. The van der Waals surface area contributed by atoms with Crippen LogP contribution in [-0.4, -0.2) is 11.0 Å². The van der Waals surface area contributed by atoms with Gasteiger partial charge in [-0.2, -0.15) is 0 Å². The smallest absolute Gasteiger partial charge is 0.198 e. The summed E-state index contributed by atoms with van der Waals surface area (Å²) in [5.74, 6) is -1.45. The molecule has 1 heterocycles. The summed E-state index contributed by atoms with van der Waals surface area (Å²) >= 11 is 0. The highest BCUT2D eigenvalue weighted by molar-refractivity contribution is 5.91. The van der Waals surface area contributed by atoms with Gasteiger partial charge in [0.25, 0.3) is 0 Å². The van der Waals surface area contributed by atoms with Crippen LogP contribution in [0.3, 0.4) is 0 Å². The van der Waals surface area contributed by atoms with Gasteiger partial charge in [-0.3, -0.25) is 4.79 Å². The lowest BCUT2D eigenvalue weighted by Gasteiger charge is -2.05. The third kappa shape index (κ3) is 1.58. The SMILES string of the molecule is CCc1ccc2[nH]cc(C(=O)[O-])c(=O)c2c1. The number of H-pyrrole nitrogens is 1. The molecule has 0 atom stereocenters. The van der Waals surface area contributed by atoms with E-state index in [9.17, 15) is 14.7 Å². The number of carboxylic acids is 1. The first-order valence-electron chi connectivity index (χ1n) is 4.99. The minimum absolute atomic E-state index is 0.333. The minimum atomic E-state index is -1.45. The molecular weight excluding hydrogens is 206 g/mol. The van der Waals surface area contributed by atoms with Crippen LogP contribution in [0.2, 0.25) is 0 Å². The number of aromatic amines is 1. The molecule has 2 rings (SSSR count). The fraction of sp³-hybridized carbons (Fsp3) is 0.167. The molecule has 0 unspecified atom stereocenters. The van der Waals surface area contributed by atoms with Crippen molar-refractivity contribution in [1.29, 1.82) is 0 Å². The van der Waals surface area contributed by atoms with Crippen LogP contribution in [-0.2, 0) is 6.42 Å². The van der Waals surface area contributed by atoms with E-state index in [0.717, 1.165) is 12.0 Å². The van der Waals surface area contributed by atoms with Gasteiger partial charge < -0.3 is 14.9 Å². The maximum Gasteiger partial charge on any atom is 0.198 e. The maximum atomic E-state index is 11.8. The van der Waals surface area contributed by atoms with E-state index in [2.05, 4.69) is 4.98 Å². The van der Waals surface area contributed by atoms with Crippen molar-refractivity contribution in [3.05, 3.63) is 45.7 Å². The predicted molar refractivity (Wildman–Crippen MR) is 58.3 cm³/mol. The molecule has 0 aliphatic heterocycles. The summed E-state index contributed by atoms with van der Waals surface area (Å²) in [7, 11) is 0. The molecule has 4 heteroatoms. The number of pyridine rings is 1. The Morgan fingerprint density at radius 3 is 2.81 bits per heavy atom. The van der Waals surface area contributed by atoms with E-state index in [-0.39, 0.29) is 5.56 Å². The van der Waals surface area contributed by atoms with Gasteiger partial charge in [-0.25, -0.2) is 0 Å². The number of benzene rings is 1. The minimum Gasteiger partial charge on any atom is -0.545 e. The zero-order valence-electron chi connectivity index (χ0n) is 8.74. The summed E-state index contributed by atoms with van der Waals surface area (Å²) in [5.41, 5.74) is 0.797. The molecular formula is C12H10NO3-. The third-order valence-electron chi connectivity index (χ3n) is 2.57. The summed E-state index contributed by atoms with van der Waals surface area (Å²) in [6.45, 7) is 1.97. The first kappa shape index (κ1) is 10.4. The van der Waals surface area contributed by atoms with Crippen molar-refractivity contribution in [1.82, 2.24) is 4.98 Å². The Morgan fingerprint density at radius 2 is 2.19 bits per heavy atom. The second-order valence-corrected chi connectivity index (χ2v) is 3.55. The molecule has 0 saturated heterocycles. The lowest BCUT2D eigenvalue weighted by Crippen LogP contribution is -2.29. The predicted octanol–water partition coefficient (Wildman–Crippen LogP) is 0.454. The Bertz CT molecular complexity index is 613. The van der Waals surface area contributed by atoms with Crippen LogP contribution in [0.4, 0.5) is 0 Å². The highest BCUT2D eigenvalue weighted by Crippen LogP contribution is 2.11. The second kappa shape index (κ2) is 3.81. The lowest BCUT2D eigenvalue weighted by atomic mass is 10.1. The fourth-order valence-corrected chi connectivity index (χ4v) is 1.64. The van der Waals surface area contributed by atoms with Gasteiger partial charge in [0.2, 0.25) is 0 Å². The van der Waals surface area contributed by atoms with E-state index in [1.165, 1.54) is 6.20 Å². The number of hydrogen-bond donors (Lipinski definition) is 1. The van der Waals surface area contributed by atoms with E-state index >= 15 is 0 Å². The quantitative estimate of drug-likeness (QED) is 0.792. The molecule has 1 aromatic heterocycles. The van der Waals surface area contributed by atoms with E-state index in [0.29, 0.717) is 10.9 Å². The van der Waals surface area contributed by atoms with Crippen LogP contribution < -0.4 is 10.5 Å². The Labute approximate surface area is 91.5 Å². The van der Waals surface area contributed by atoms with Crippen LogP contribution in [0.25, 0.3) is 10.9 Å². The zero-order valence-corrected chi connectivity index (χ0v) is 8.74. The Hall–Kier alpha value is -2.10. The van der Waals surface area contributed by atoms with Crippen molar-refractivity contribution >= 4 is 16.9 Å². The summed E-state index contributed by atoms with van der Waals surface area (Å²) in [4.78, 5) is 25.3. The molecule has 0 aliphatic rings. The van der Waals surface area contributed by atoms with Gasteiger partial charge in [0.15, 0.2) is 5.43 Å². The number of carbonyl (C=O) groups is 1. The van der Waals surface area contributed by atoms with Crippen molar-refractivity contribution in [3.8, 4) is 0 Å². The molecule has 4 nitrogen and oxygen atoms in total. The fourth-order valence-electron chi connectivity index (χ4n) is 1.64. The van der Waals surface area contributed by atoms with Crippen LogP contribution in [0.1, 0.15) is 22.8 Å². The number of rotatable bonds is 2. The number of carbonyl (C=O) groups excluding carboxylic acids is 1. The number of aromatic nitrogens is 1. The lowest BCUT2D eigenvalue weighted by molar-refractivity contribution is -0.255. The van der Waals surface area contributed by atoms with Crippen molar-refractivity contribution in [2.45, 2.75) is 13.3 Å². The average Bonchev–Trinajstić information content (AvgIpc) is 2.28. The molecule has 1 N–H and O–H groups in total. The number of carboxylic acid groups (broad SMARTS) is 1. The monoisotopic (exact) mass is 216 g/mol. The summed E-state index contributed by atoms with van der Waals surface area (Å²) in [5, 5.41) is 11.1. The topological polar surface area (TPSA) is 73.0 Å². The average molecular weight is 216 g/mol. The number of aromatic carboxylic acids is 1. The normalized spacial score (nSPS) is 10.6. The van der Waals surface area contributed by atoms with Gasteiger partial charge in [-0.05, 0) is 24.1 Å². The maximum absolute atomic E-state index is 11.8. The molecule has 1 aromatic carbocycles. The number of fused-ring (bicyclic) bond motifs is 1. The molecule has 16 heavy (non-hydrogen) atoms. The van der Waals surface area contributed by atoms with Crippen LogP contribution in [0.5, 0.6) is 0 Å². The Kier molecular flexibility index (Phi) is 2.48. The molecule has 0 aliphatic carbocycles. The van der Waals surface area contributed by atoms with E-state index < -0.39 is 11.4 Å². The molecule has 0 saturated carbocycles. The Morgan fingerprint density at radius 1 is 1.44 bits per heavy atom. The van der Waals surface area contributed by atoms with Crippen molar-refractivity contribution < 1.29 is 9.90 Å². The van der Waals surface area contributed by atoms with E-state index in [1.807, 2.05) is 13.0 Å². The van der Waals surface area contributed by atoms with E-state index in [4.69, 9.17) is 0 Å². The number of aryl methyl sites for hydroxylation is 1. The van der Waals surface area contributed by atoms with Gasteiger partial charge in [0, 0.05) is 17.1 Å². The largest absolute Gasteiger partial charge is 0.545 e. The number of hydrogen-bond acceptors (Lipinski definition) is 3. The summed E-state index contributed by atoms with van der Waals surface area (Å²) in [6, 6.07) is 5.38. The molecule has 0 spiro atoms. The third-order valence-corrected chi connectivity index (χ3v) is 2.57. The van der Waals surface area contributed by atoms with Gasteiger partial charge in [-0.15, -0.1) is 0 Å². The van der Waals surface area contributed by atoms with Crippen LogP contribution in [0.15, 0.2) is 29.2 Å². The molecule has 0 amide bonds. The Balaban J connectivity index is 2.81. The van der Waals surface area contributed by atoms with Crippen molar-refractivity contribution in [2.75, 3.05) is 0 Å². The number of nitrogens with one attached hydrogen (secondary N) is 1. The molecule has 0 radical (unpaired) electrons. The van der Waals surface area contributed by atoms with E-state index in [1.54, 1.807) is 12.1 Å². The first-order valence-corrected chi connectivity index (χ1v) is 4.99. The molecule has 2 aromatic rings. The molecule has 0 fully saturated rings. The summed E-state index contributed by atoms with van der Waals surface area (Å²) < 4.78 is 0. The standard InChI is InChI=1S/C12H11NO3/c1-2-7-3-4-10-8(5-7)11(14)9(6-13-10)12(15)16/h3-6H,2H2,1H3,(H,13,14)(H,15,16)/p-1. The van der Waals surface area contributed by atoms with Gasteiger partial charge in [0.1, 0.15) is 0 Å². The highest BCUT2D eigenvalue weighted by Gasteiger charge is 2.05.